The van der Waals surface area contributed by atoms with E-state index in [1.165, 1.54) is 6.92 Å². The zero-order valence-corrected chi connectivity index (χ0v) is 15.2. The summed E-state index contributed by atoms with van der Waals surface area (Å²) in [6.07, 6.45) is -3.28. The van der Waals surface area contributed by atoms with Crippen molar-refractivity contribution >= 4 is 0 Å². The SMILES string of the molecule is Cc1nc2c(c(C(F)(F)F)n1)CC(c1nc(C3CNCCN3C)no1)CC2. The van der Waals surface area contributed by atoms with Crippen LogP contribution in [0.3, 0.4) is 0 Å². The summed E-state index contributed by atoms with van der Waals surface area (Å²) in [6, 6.07) is 0.00356. The molecule has 2 atom stereocenters. The zero-order chi connectivity index (χ0) is 19.2. The summed E-state index contributed by atoms with van der Waals surface area (Å²) in [6.45, 7) is 3.97. The van der Waals surface area contributed by atoms with Crippen molar-refractivity contribution in [3.8, 4) is 0 Å². The van der Waals surface area contributed by atoms with Crippen LogP contribution in [0.25, 0.3) is 0 Å². The van der Waals surface area contributed by atoms with Crippen molar-refractivity contribution in [3.63, 3.8) is 0 Å². The van der Waals surface area contributed by atoms with E-state index in [0.717, 1.165) is 13.1 Å². The second kappa shape index (κ2) is 6.83. The van der Waals surface area contributed by atoms with Gasteiger partial charge in [-0.2, -0.15) is 18.2 Å². The third-order valence-electron chi connectivity index (χ3n) is 5.27. The van der Waals surface area contributed by atoms with Gasteiger partial charge < -0.3 is 9.84 Å². The zero-order valence-electron chi connectivity index (χ0n) is 15.2. The Balaban J connectivity index is 1.60. The highest BCUT2D eigenvalue weighted by Crippen LogP contribution is 2.38. The van der Waals surface area contributed by atoms with Gasteiger partial charge in [0.2, 0.25) is 5.89 Å². The highest BCUT2D eigenvalue weighted by atomic mass is 19.4. The van der Waals surface area contributed by atoms with E-state index in [1.54, 1.807) is 0 Å². The first kappa shape index (κ1) is 18.3. The summed E-state index contributed by atoms with van der Waals surface area (Å²) >= 11 is 0. The average molecular weight is 382 g/mol. The molecule has 146 valence electrons. The van der Waals surface area contributed by atoms with Crippen LogP contribution in [0.2, 0.25) is 0 Å². The van der Waals surface area contributed by atoms with Crippen molar-refractivity contribution < 1.29 is 17.7 Å². The maximum Gasteiger partial charge on any atom is 0.433 e. The standard InChI is InChI=1S/C17H21F3N6O/c1-9-22-12-4-3-10(7-11(12)14(23-9)17(18,19)20)16-24-15(25-27-16)13-8-21-5-6-26(13)2/h10,13,21H,3-8H2,1-2H3. The Hall–Kier alpha value is -2.07. The van der Waals surface area contributed by atoms with Crippen LogP contribution in [-0.4, -0.2) is 51.7 Å². The molecular formula is C17H21F3N6O. The van der Waals surface area contributed by atoms with Crippen LogP contribution in [0.1, 0.15) is 52.9 Å². The quantitative estimate of drug-likeness (QED) is 0.851. The Morgan fingerprint density at radius 2 is 2.04 bits per heavy atom. The minimum atomic E-state index is -4.50. The average Bonchev–Trinajstić information content (AvgIpc) is 3.10. The van der Waals surface area contributed by atoms with Crippen LogP contribution in [0.15, 0.2) is 4.52 Å². The Morgan fingerprint density at radius 3 is 2.78 bits per heavy atom. The van der Waals surface area contributed by atoms with Crippen LogP contribution in [0, 0.1) is 6.92 Å². The summed E-state index contributed by atoms with van der Waals surface area (Å²) in [5, 5.41) is 7.38. The molecule has 1 aliphatic carbocycles. The number of alkyl halides is 3. The normalized spacial score (nSPS) is 24.0. The molecule has 0 aromatic carbocycles. The van der Waals surface area contributed by atoms with E-state index in [9.17, 15) is 13.2 Å². The number of nitrogens with zero attached hydrogens (tertiary/aromatic N) is 5. The Bertz CT molecular complexity index is 837. The van der Waals surface area contributed by atoms with E-state index in [-0.39, 0.29) is 29.8 Å². The van der Waals surface area contributed by atoms with E-state index in [4.69, 9.17) is 4.52 Å². The number of nitrogens with one attached hydrogen (secondary N) is 1. The number of hydrogen-bond acceptors (Lipinski definition) is 7. The van der Waals surface area contributed by atoms with Gasteiger partial charge in [-0.25, -0.2) is 9.97 Å². The fourth-order valence-corrected chi connectivity index (χ4v) is 3.82. The molecule has 2 unspecified atom stereocenters. The molecule has 0 amide bonds. The van der Waals surface area contributed by atoms with Crippen molar-refractivity contribution in [2.45, 2.75) is 44.3 Å². The molecule has 10 heteroatoms. The minimum absolute atomic E-state index is 0.00356. The summed E-state index contributed by atoms with van der Waals surface area (Å²) in [7, 11) is 1.99. The lowest BCUT2D eigenvalue weighted by atomic mass is 9.85. The van der Waals surface area contributed by atoms with Gasteiger partial charge in [0.15, 0.2) is 11.5 Å². The number of aromatic nitrogens is 4. The maximum atomic E-state index is 13.4. The summed E-state index contributed by atoms with van der Waals surface area (Å²) in [5.41, 5.74) is -0.215. The Morgan fingerprint density at radius 1 is 1.22 bits per heavy atom. The van der Waals surface area contributed by atoms with E-state index in [1.807, 2.05) is 7.05 Å². The maximum absolute atomic E-state index is 13.4. The molecule has 1 N–H and O–H groups in total. The highest BCUT2D eigenvalue weighted by Gasteiger charge is 2.40. The lowest BCUT2D eigenvalue weighted by Gasteiger charge is -2.30. The van der Waals surface area contributed by atoms with Crippen molar-refractivity contribution in [3.05, 3.63) is 34.5 Å². The predicted molar refractivity (Wildman–Crippen MR) is 89.1 cm³/mol. The summed E-state index contributed by atoms with van der Waals surface area (Å²) in [5.74, 6) is 0.852. The van der Waals surface area contributed by atoms with Gasteiger partial charge in [-0.3, -0.25) is 4.90 Å². The lowest BCUT2D eigenvalue weighted by molar-refractivity contribution is -0.142. The molecule has 2 aliphatic rings. The predicted octanol–water partition coefficient (Wildman–Crippen LogP) is 2.04. The van der Waals surface area contributed by atoms with E-state index in [0.29, 0.717) is 36.8 Å². The molecule has 27 heavy (non-hydrogen) atoms. The number of aryl methyl sites for hydroxylation is 2. The number of halogens is 3. The molecule has 2 aromatic rings. The topological polar surface area (TPSA) is 80.0 Å². The Kier molecular flexibility index (Phi) is 4.63. The first-order chi connectivity index (χ1) is 12.8. The monoisotopic (exact) mass is 382 g/mol. The minimum Gasteiger partial charge on any atom is -0.339 e. The van der Waals surface area contributed by atoms with Gasteiger partial charge in [0.1, 0.15) is 5.82 Å². The van der Waals surface area contributed by atoms with Crippen molar-refractivity contribution in [2.75, 3.05) is 26.7 Å². The smallest absolute Gasteiger partial charge is 0.339 e. The van der Waals surface area contributed by atoms with Gasteiger partial charge in [-0.15, -0.1) is 0 Å². The number of piperazine rings is 1. The molecule has 0 radical (unpaired) electrons. The second-order valence-corrected chi connectivity index (χ2v) is 7.17. The fourth-order valence-electron chi connectivity index (χ4n) is 3.82. The molecule has 1 aliphatic heterocycles. The van der Waals surface area contributed by atoms with Crippen LogP contribution >= 0.6 is 0 Å². The van der Waals surface area contributed by atoms with E-state index in [2.05, 4.69) is 30.3 Å². The van der Waals surface area contributed by atoms with Gasteiger partial charge in [0.05, 0.1) is 6.04 Å². The Labute approximate surface area is 154 Å². The number of hydrogen-bond donors (Lipinski definition) is 1. The largest absolute Gasteiger partial charge is 0.433 e. The van der Waals surface area contributed by atoms with Gasteiger partial charge in [-0.1, -0.05) is 5.16 Å². The molecule has 1 saturated heterocycles. The van der Waals surface area contributed by atoms with Gasteiger partial charge in [0.25, 0.3) is 0 Å². The molecule has 4 rings (SSSR count). The second-order valence-electron chi connectivity index (χ2n) is 7.17. The fraction of sp³-hybridized carbons (Fsp3) is 0.647. The molecule has 2 aromatic heterocycles. The third kappa shape index (κ3) is 3.55. The van der Waals surface area contributed by atoms with Crippen molar-refractivity contribution in [1.29, 1.82) is 0 Å². The van der Waals surface area contributed by atoms with Crippen molar-refractivity contribution in [2.24, 2.45) is 0 Å². The summed E-state index contributed by atoms with van der Waals surface area (Å²) < 4.78 is 45.7. The van der Waals surface area contributed by atoms with Gasteiger partial charge in [0, 0.05) is 36.8 Å². The van der Waals surface area contributed by atoms with Crippen LogP contribution in [0.4, 0.5) is 13.2 Å². The molecule has 3 heterocycles. The molecule has 1 fully saturated rings. The highest BCUT2D eigenvalue weighted by molar-refractivity contribution is 5.32. The van der Waals surface area contributed by atoms with E-state index >= 15 is 0 Å². The molecule has 7 nitrogen and oxygen atoms in total. The number of rotatable bonds is 2. The molecule has 0 saturated carbocycles. The summed E-state index contributed by atoms with van der Waals surface area (Å²) in [4.78, 5) is 14.5. The molecule has 0 spiro atoms. The number of likely N-dealkylation sites (N-methyl/N-ethyl adjacent to an activating group) is 1. The van der Waals surface area contributed by atoms with Crippen molar-refractivity contribution in [1.82, 2.24) is 30.3 Å². The lowest BCUT2D eigenvalue weighted by Crippen LogP contribution is -2.44. The molecule has 0 bridgehead atoms. The third-order valence-corrected chi connectivity index (χ3v) is 5.27. The van der Waals surface area contributed by atoms with Crippen LogP contribution in [0.5, 0.6) is 0 Å². The van der Waals surface area contributed by atoms with Crippen LogP contribution in [-0.2, 0) is 19.0 Å². The first-order valence-corrected chi connectivity index (χ1v) is 9.01. The number of fused-ring (bicyclic) bond motifs is 1. The van der Waals surface area contributed by atoms with Crippen LogP contribution < -0.4 is 5.32 Å². The van der Waals surface area contributed by atoms with Gasteiger partial charge >= 0.3 is 6.18 Å². The van der Waals surface area contributed by atoms with Gasteiger partial charge in [-0.05, 0) is 33.2 Å². The molecular weight excluding hydrogens is 361 g/mol. The first-order valence-electron chi connectivity index (χ1n) is 9.01. The van der Waals surface area contributed by atoms with E-state index < -0.39 is 11.9 Å².